The third kappa shape index (κ3) is 98.0. The fourth-order valence-electron chi connectivity index (χ4n) is 0. The van der Waals surface area contributed by atoms with Crippen LogP contribution in [0, 0.1) is 0 Å². The summed E-state index contributed by atoms with van der Waals surface area (Å²) in [6.45, 7) is 0. The first-order valence-electron chi connectivity index (χ1n) is 1.03. The predicted molar refractivity (Wildman–Crippen MR) is 18.4 cm³/mol. The van der Waals surface area contributed by atoms with Gasteiger partial charge in [0.05, 0.1) is 0 Å². The fourth-order valence-corrected chi connectivity index (χ4v) is 0. The van der Waals surface area contributed by atoms with Crippen LogP contribution in [-0.4, -0.2) is 71.3 Å². The predicted octanol–water partition coefficient (Wildman–Crippen LogP) is -5.48. The van der Waals surface area contributed by atoms with Gasteiger partial charge < -0.3 is 28.2 Å². The van der Waals surface area contributed by atoms with Crippen LogP contribution in [0.5, 0.6) is 0 Å². The van der Waals surface area contributed by atoms with Gasteiger partial charge in [-0.3, -0.25) is 0 Å². The van der Waals surface area contributed by atoms with Crippen molar-refractivity contribution in [2.45, 2.75) is 0 Å². The summed E-state index contributed by atoms with van der Waals surface area (Å²) >= 11 is 0.917. The molecule has 4 nitrogen and oxygen atoms in total. The Hall–Kier alpha value is 2.00. The summed E-state index contributed by atoms with van der Waals surface area (Å²) < 4.78 is 9.42. The van der Waals surface area contributed by atoms with Gasteiger partial charge in [-0.15, -0.1) is 0 Å². The van der Waals surface area contributed by atoms with E-state index in [2.05, 4.69) is 0 Å². The zero-order valence-corrected chi connectivity index (χ0v) is 9.43. The Balaban J connectivity index is -0.0000000750. The van der Waals surface area contributed by atoms with Crippen molar-refractivity contribution in [1.82, 2.24) is 0 Å². The molecule has 0 saturated heterocycles. The van der Waals surface area contributed by atoms with E-state index in [9.17, 15) is 3.52 Å². The molecule has 0 radical (unpaired) electrons. The third-order valence-electron chi connectivity index (χ3n) is 0. The van der Waals surface area contributed by atoms with Gasteiger partial charge >= 0.3 is 65.8 Å². The van der Waals surface area contributed by atoms with Crippen molar-refractivity contribution >= 4 is 71.3 Å². The Morgan fingerprint density at radius 2 is 1.00 bits per heavy atom. The number of hydrogen-bond donors (Lipinski definition) is 0. The van der Waals surface area contributed by atoms with E-state index in [1.54, 1.807) is 0 Å². The average Bonchev–Trinajstić information content (AvgIpc) is 1.36. The van der Waals surface area contributed by atoms with E-state index in [1.165, 1.54) is 0 Å². The molecule has 0 aromatic heterocycles. The molecular formula is AlFO4SiSr. The van der Waals surface area contributed by atoms with Crippen LogP contribution in [0.4, 0.5) is 3.52 Å². The minimum absolute atomic E-state index is 0. The summed E-state index contributed by atoms with van der Waals surface area (Å²) in [6, 6.07) is 0. The molecule has 0 aliphatic carbocycles. The largest absolute Gasteiger partial charge is 2.00 e. The first-order valence-corrected chi connectivity index (χ1v) is 3.10. The second-order valence-electron chi connectivity index (χ2n) is 0.500. The average molecular weight is 226 g/mol. The van der Waals surface area contributed by atoms with Crippen LogP contribution in [0.3, 0.4) is 0 Å². The summed E-state index contributed by atoms with van der Waals surface area (Å²) in [4.78, 5) is 34.3. The number of rotatable bonds is 0. The monoisotopic (exact) mass is 226 g/mol. The van der Waals surface area contributed by atoms with Crippen molar-refractivity contribution in [2.24, 2.45) is 0 Å². The SMILES string of the molecule is [F][Al+2].[O-][Si]([O-])([O-])[O-].[Sr+2]. The quantitative estimate of drug-likeness (QED) is 0.385. The van der Waals surface area contributed by atoms with Crippen molar-refractivity contribution in [1.29, 1.82) is 0 Å². The van der Waals surface area contributed by atoms with Crippen LogP contribution in [0.2, 0.25) is 0 Å². The molecule has 0 spiro atoms. The van der Waals surface area contributed by atoms with Gasteiger partial charge in [0.15, 0.2) is 0 Å². The molecule has 0 bridgehead atoms. The Kier molecular flexibility index (Phi) is 18.6. The molecule has 0 unspecified atom stereocenters. The summed E-state index contributed by atoms with van der Waals surface area (Å²) in [5, 5.41) is 0. The van der Waals surface area contributed by atoms with E-state index in [0.717, 1.165) is 16.7 Å². The van der Waals surface area contributed by atoms with Gasteiger partial charge in [-0.05, 0) is 0 Å². The maximum atomic E-state index is 9.42. The molecule has 0 atom stereocenters. The van der Waals surface area contributed by atoms with Gasteiger partial charge in [-0.25, -0.2) is 0 Å². The standard InChI is InChI=1S/Al.FH.O4Si.Sr/c;;1-5(2,3)4;/h;1H;;/q+3;;-4;+2/p-1. The molecule has 8 heteroatoms. The van der Waals surface area contributed by atoms with Crippen molar-refractivity contribution in [3.63, 3.8) is 0 Å². The smallest absolute Gasteiger partial charge is 0.894 e. The van der Waals surface area contributed by atoms with Gasteiger partial charge in [-0.2, -0.15) is 0 Å². The first kappa shape index (κ1) is 16.5. The topological polar surface area (TPSA) is 92.2 Å². The molecule has 0 aromatic carbocycles. The van der Waals surface area contributed by atoms with Crippen molar-refractivity contribution in [3.8, 4) is 0 Å². The molecule has 0 amide bonds. The normalized spacial score (nSPS) is 8.38. The molecule has 0 aliphatic heterocycles. The maximum absolute atomic E-state index is 9.42. The van der Waals surface area contributed by atoms with Gasteiger partial charge in [0.1, 0.15) is 0 Å². The molecule has 8 heavy (non-hydrogen) atoms. The van der Waals surface area contributed by atoms with Crippen LogP contribution in [-0.2, 0) is 0 Å². The molecule has 0 aromatic rings. The van der Waals surface area contributed by atoms with Gasteiger partial charge in [0.2, 0.25) is 0 Å². The summed E-state index contributed by atoms with van der Waals surface area (Å²) in [5.74, 6) is 0. The van der Waals surface area contributed by atoms with Crippen LogP contribution < -0.4 is 19.2 Å². The van der Waals surface area contributed by atoms with Gasteiger partial charge in [-0.1, -0.05) is 0 Å². The van der Waals surface area contributed by atoms with Gasteiger partial charge in [0.25, 0.3) is 0 Å². The second kappa shape index (κ2) is 9.00. The minimum Gasteiger partial charge on any atom is -0.894 e. The molecule has 0 N–H and O–H groups in total. The fraction of sp³-hybridized carbons (Fsp3) is 0. The summed E-state index contributed by atoms with van der Waals surface area (Å²) in [5.41, 5.74) is 0. The van der Waals surface area contributed by atoms with E-state index in [0.29, 0.717) is 0 Å². The van der Waals surface area contributed by atoms with Gasteiger partial charge in [0, 0.05) is 0 Å². The summed E-state index contributed by atoms with van der Waals surface area (Å²) in [7, 11) is -5.61. The molecule has 0 aliphatic rings. The Morgan fingerprint density at radius 3 is 1.00 bits per heavy atom. The molecule has 40 valence electrons. The Labute approximate surface area is 92.6 Å². The zero-order chi connectivity index (χ0) is 6.50. The van der Waals surface area contributed by atoms with E-state index in [1.807, 2.05) is 0 Å². The minimum atomic E-state index is -5.61. The van der Waals surface area contributed by atoms with Crippen LogP contribution in [0.1, 0.15) is 0 Å². The Morgan fingerprint density at radius 1 is 1.00 bits per heavy atom. The molecule has 0 saturated carbocycles. The molecule has 0 fully saturated rings. The van der Waals surface area contributed by atoms with E-state index in [-0.39, 0.29) is 45.5 Å². The number of hydrogen-bond acceptors (Lipinski definition) is 4. The van der Waals surface area contributed by atoms with Crippen molar-refractivity contribution in [3.05, 3.63) is 0 Å². The molecule has 0 heterocycles. The second-order valence-corrected chi connectivity index (χ2v) is 1.50. The number of halogens is 1. The Bertz CT molecular complexity index is 31.5. The zero-order valence-electron chi connectivity index (χ0n) is 3.80. The maximum Gasteiger partial charge on any atom is 2.00 e. The molecular weight excluding hydrogens is 226 g/mol. The van der Waals surface area contributed by atoms with E-state index < -0.39 is 9.05 Å². The molecule has 0 rings (SSSR count). The van der Waals surface area contributed by atoms with Crippen LogP contribution >= 0.6 is 0 Å². The van der Waals surface area contributed by atoms with E-state index in [4.69, 9.17) is 19.2 Å². The van der Waals surface area contributed by atoms with Crippen molar-refractivity contribution < 1.29 is 22.7 Å². The van der Waals surface area contributed by atoms with Crippen LogP contribution in [0.15, 0.2) is 0 Å². The summed E-state index contributed by atoms with van der Waals surface area (Å²) in [6.07, 6.45) is 0. The van der Waals surface area contributed by atoms with Crippen molar-refractivity contribution in [2.75, 3.05) is 0 Å². The van der Waals surface area contributed by atoms with Crippen LogP contribution in [0.25, 0.3) is 0 Å². The first-order chi connectivity index (χ1) is 3.00. The third-order valence-corrected chi connectivity index (χ3v) is 0. The van der Waals surface area contributed by atoms with E-state index >= 15 is 0 Å².